The van der Waals surface area contributed by atoms with Crippen LogP contribution in [-0.4, -0.2) is 115 Å². The van der Waals surface area contributed by atoms with E-state index in [0.29, 0.717) is 67.9 Å². The number of aromatic nitrogens is 1. The summed E-state index contributed by atoms with van der Waals surface area (Å²) >= 11 is 0. The average molecular weight is 742 g/mol. The molecule has 6 rings (SSSR count). The normalized spacial score (nSPS) is 21.7. The number of anilines is 1. The van der Waals surface area contributed by atoms with Crippen molar-refractivity contribution in [1.82, 2.24) is 19.3 Å². The van der Waals surface area contributed by atoms with E-state index in [2.05, 4.69) is 10.2 Å². The lowest BCUT2D eigenvalue weighted by Crippen LogP contribution is -2.71. The molecular formula is C39H50F3N5O6. The molecule has 288 valence electrons. The number of fused-ring (bicyclic) bond motifs is 1. The third kappa shape index (κ3) is 8.72. The zero-order valence-corrected chi connectivity index (χ0v) is 30.8. The third-order valence-corrected chi connectivity index (χ3v) is 10.7. The molecule has 11 nitrogen and oxygen atoms in total. The molecule has 1 aromatic heterocycles. The number of benzene rings is 2. The van der Waals surface area contributed by atoms with Crippen LogP contribution in [-0.2, 0) is 32.5 Å². The fourth-order valence-electron chi connectivity index (χ4n) is 8.12. The van der Waals surface area contributed by atoms with Crippen molar-refractivity contribution in [2.75, 3.05) is 64.8 Å². The Bertz CT molecular complexity index is 1760. The number of hydrogen-bond donors (Lipinski definition) is 1. The monoisotopic (exact) mass is 741 g/mol. The quantitative estimate of drug-likeness (QED) is 0.224. The molecule has 0 spiro atoms. The van der Waals surface area contributed by atoms with E-state index in [-0.39, 0.29) is 62.3 Å². The van der Waals surface area contributed by atoms with Gasteiger partial charge in [-0.15, -0.1) is 0 Å². The first-order chi connectivity index (χ1) is 25.4. The maximum atomic E-state index is 14.9. The van der Waals surface area contributed by atoms with Crippen LogP contribution in [0.3, 0.4) is 0 Å². The molecule has 1 N–H and O–H groups in total. The molecule has 3 aromatic rings. The number of esters is 1. The third-order valence-electron chi connectivity index (χ3n) is 10.7. The average Bonchev–Trinajstić information content (AvgIpc) is 3.80. The number of amides is 1. The molecule has 3 heterocycles. The largest absolute Gasteiger partial charge is 0.495 e. The minimum Gasteiger partial charge on any atom is -0.495 e. The number of piperazine rings is 1. The van der Waals surface area contributed by atoms with Gasteiger partial charge < -0.3 is 24.1 Å². The Morgan fingerprint density at radius 3 is 2.25 bits per heavy atom. The second kappa shape index (κ2) is 16.6. The molecule has 3 aliphatic rings. The highest BCUT2D eigenvalue weighted by molar-refractivity contribution is 6.13. The number of likely N-dealkylation sites (tertiary alicyclic amines) is 1. The molecule has 1 amide bonds. The summed E-state index contributed by atoms with van der Waals surface area (Å²) in [4.78, 5) is 46.3. The molecule has 3 fully saturated rings. The van der Waals surface area contributed by atoms with Gasteiger partial charge in [0.2, 0.25) is 5.85 Å². The number of carbonyl (C=O) groups is 3. The molecule has 1 atom stereocenters. The molecule has 0 bridgehead atoms. The highest BCUT2D eigenvalue weighted by Crippen LogP contribution is 2.37. The van der Waals surface area contributed by atoms with Gasteiger partial charge in [-0.2, -0.15) is 13.2 Å². The Labute approximate surface area is 308 Å². The smallest absolute Gasteiger partial charge is 0.401 e. The van der Waals surface area contributed by atoms with E-state index in [4.69, 9.17) is 14.2 Å². The summed E-state index contributed by atoms with van der Waals surface area (Å²) in [6.45, 7) is 3.02. The van der Waals surface area contributed by atoms with Crippen molar-refractivity contribution in [3.63, 3.8) is 0 Å². The highest BCUT2D eigenvalue weighted by Gasteiger charge is 2.53. The van der Waals surface area contributed by atoms with Gasteiger partial charge in [0.15, 0.2) is 5.78 Å². The number of ketones is 1. The van der Waals surface area contributed by atoms with Gasteiger partial charge in [0, 0.05) is 69.8 Å². The first-order valence-electron chi connectivity index (χ1n) is 18.6. The molecule has 1 aliphatic carbocycles. The number of para-hydroxylation sites is 1. The second-order valence-electron chi connectivity index (χ2n) is 14.3. The fraction of sp³-hybridized carbons (Fsp3) is 0.564. The zero-order valence-electron chi connectivity index (χ0n) is 30.8. The van der Waals surface area contributed by atoms with Crippen LogP contribution in [0.15, 0.2) is 48.7 Å². The molecule has 2 saturated heterocycles. The van der Waals surface area contributed by atoms with Crippen LogP contribution >= 0.6 is 0 Å². The first kappa shape index (κ1) is 38.7. The lowest BCUT2D eigenvalue weighted by molar-refractivity contribution is -0.262. The SMILES string of the molecule is CCOC(=O)[C@H]1CC[C@H](OC(C(=O)Cc2ccc(NC(=O)c3cn(C)c4ccccc34)c(OC)c2)(N2CCCC2)N2CCN(CC(F)(F)F)CC2)CC1. The van der Waals surface area contributed by atoms with Gasteiger partial charge in [-0.05, 0) is 69.2 Å². The van der Waals surface area contributed by atoms with E-state index < -0.39 is 18.6 Å². The summed E-state index contributed by atoms with van der Waals surface area (Å²) < 4.78 is 59.9. The van der Waals surface area contributed by atoms with Crippen LogP contribution in [0.4, 0.5) is 18.9 Å². The Morgan fingerprint density at radius 2 is 1.58 bits per heavy atom. The fourth-order valence-corrected chi connectivity index (χ4v) is 8.12. The van der Waals surface area contributed by atoms with Crippen LogP contribution in [0.5, 0.6) is 5.75 Å². The van der Waals surface area contributed by atoms with Gasteiger partial charge in [-0.3, -0.25) is 29.1 Å². The minimum atomic E-state index is -4.32. The van der Waals surface area contributed by atoms with Crippen molar-refractivity contribution in [3.05, 3.63) is 59.8 Å². The van der Waals surface area contributed by atoms with E-state index in [1.807, 2.05) is 40.8 Å². The molecule has 53 heavy (non-hydrogen) atoms. The lowest BCUT2D eigenvalue weighted by atomic mass is 9.87. The predicted molar refractivity (Wildman–Crippen MR) is 194 cm³/mol. The summed E-state index contributed by atoms with van der Waals surface area (Å²) in [5, 5.41) is 3.78. The van der Waals surface area contributed by atoms with Crippen molar-refractivity contribution in [2.45, 2.75) is 70.0 Å². The summed E-state index contributed by atoms with van der Waals surface area (Å²) in [6, 6.07) is 12.9. The van der Waals surface area contributed by atoms with Gasteiger partial charge in [0.25, 0.3) is 5.91 Å². The second-order valence-corrected chi connectivity index (χ2v) is 14.3. The van der Waals surface area contributed by atoms with E-state index in [1.54, 1.807) is 31.3 Å². The number of nitrogens with zero attached hydrogens (tertiary/aromatic N) is 4. The highest BCUT2D eigenvalue weighted by atomic mass is 19.4. The molecular weight excluding hydrogens is 691 g/mol. The summed E-state index contributed by atoms with van der Waals surface area (Å²) in [5.74, 6) is -2.09. The van der Waals surface area contributed by atoms with E-state index >= 15 is 0 Å². The van der Waals surface area contributed by atoms with Crippen molar-refractivity contribution in [3.8, 4) is 5.75 Å². The summed E-state index contributed by atoms with van der Waals surface area (Å²) in [6.07, 6.45) is 1.06. The molecule has 1 unspecified atom stereocenters. The van der Waals surface area contributed by atoms with Crippen molar-refractivity contribution < 1.29 is 41.8 Å². The van der Waals surface area contributed by atoms with E-state index in [0.717, 1.165) is 23.7 Å². The molecule has 1 saturated carbocycles. The lowest BCUT2D eigenvalue weighted by Gasteiger charge is -2.52. The number of methoxy groups -OCH3 is 1. The van der Waals surface area contributed by atoms with Gasteiger partial charge in [0.1, 0.15) is 5.75 Å². The standard InChI is InChI=1S/C39H50F3N5O6/c1-4-52-37(50)28-12-14-29(15-13-28)53-39(46-17-7-8-18-46,47-21-19-45(20-22-47)26-38(40,41)42)35(48)24-27-11-16-32(34(23-27)51-3)43-36(49)31-25-44(2)33-10-6-5-9-30(31)33/h5-6,9-11,16,23,25,28-29H,4,7-8,12-15,17-22,24,26H2,1-3H3,(H,43,49)/t28-,29-,39?. The Balaban J connectivity index is 1.26. The number of rotatable bonds is 13. The number of alkyl halides is 3. The number of halogens is 3. The number of aryl methyl sites for hydroxylation is 1. The molecule has 0 radical (unpaired) electrons. The summed E-state index contributed by atoms with van der Waals surface area (Å²) in [7, 11) is 3.38. The van der Waals surface area contributed by atoms with Gasteiger partial charge >= 0.3 is 12.1 Å². The maximum absolute atomic E-state index is 14.9. The van der Waals surface area contributed by atoms with Gasteiger partial charge in [-0.25, -0.2) is 0 Å². The Hall–Kier alpha value is -3.98. The topological polar surface area (TPSA) is 106 Å². The van der Waals surface area contributed by atoms with Crippen molar-refractivity contribution in [1.29, 1.82) is 0 Å². The molecule has 2 aliphatic heterocycles. The van der Waals surface area contributed by atoms with E-state index in [9.17, 15) is 27.6 Å². The van der Waals surface area contributed by atoms with Gasteiger partial charge in [-0.1, -0.05) is 24.3 Å². The number of hydrogen-bond acceptors (Lipinski definition) is 9. The zero-order chi connectivity index (χ0) is 37.8. The van der Waals surface area contributed by atoms with Gasteiger partial charge in [0.05, 0.1) is 43.5 Å². The first-order valence-corrected chi connectivity index (χ1v) is 18.6. The van der Waals surface area contributed by atoms with E-state index in [1.165, 1.54) is 12.0 Å². The van der Waals surface area contributed by atoms with Crippen molar-refractivity contribution >= 4 is 34.3 Å². The number of carbonyl (C=O) groups excluding carboxylic acids is 3. The minimum absolute atomic E-state index is 0.0364. The number of Topliss-reactive ketones (excluding diaryl/α,β-unsaturated/α-hetero) is 1. The maximum Gasteiger partial charge on any atom is 0.401 e. The number of nitrogens with one attached hydrogen (secondary N) is 1. The summed E-state index contributed by atoms with van der Waals surface area (Å²) in [5.41, 5.74) is 2.53. The van der Waals surface area contributed by atoms with Crippen LogP contribution in [0.25, 0.3) is 10.9 Å². The predicted octanol–water partition coefficient (Wildman–Crippen LogP) is 5.62. The van der Waals surface area contributed by atoms with Crippen LogP contribution in [0.2, 0.25) is 0 Å². The Morgan fingerprint density at radius 1 is 0.906 bits per heavy atom. The van der Waals surface area contributed by atoms with Crippen molar-refractivity contribution in [2.24, 2.45) is 13.0 Å². The van der Waals surface area contributed by atoms with Crippen LogP contribution in [0.1, 0.15) is 61.4 Å². The Kier molecular flexibility index (Phi) is 12.1. The molecule has 14 heteroatoms. The number of ether oxygens (including phenoxy) is 3. The van der Waals surface area contributed by atoms with Crippen LogP contribution in [0, 0.1) is 5.92 Å². The molecule has 2 aromatic carbocycles. The van der Waals surface area contributed by atoms with Crippen LogP contribution < -0.4 is 10.1 Å².